The summed E-state index contributed by atoms with van der Waals surface area (Å²) in [7, 11) is 0. The Bertz CT molecular complexity index is 1160. The monoisotopic (exact) mass is 952 g/mol. The van der Waals surface area contributed by atoms with Crippen LogP contribution in [-0.4, -0.2) is 163 Å². The Balaban J connectivity index is 1.92. The number of hydrogen-bond acceptors (Lipinski definition) is 15. The van der Waals surface area contributed by atoms with E-state index in [1.165, 1.54) is 122 Å². The molecule has 0 radical (unpaired) electrons. The van der Waals surface area contributed by atoms with Crippen LogP contribution in [-0.2, 0) is 23.7 Å². The van der Waals surface area contributed by atoms with Gasteiger partial charge in [-0.25, -0.2) is 0 Å². The zero-order chi connectivity index (χ0) is 48.5. The molecule has 2 saturated heterocycles. The number of aliphatic hydroxyl groups excluding tert-OH is 10. The number of aliphatic hydroxyl groups is 10. The van der Waals surface area contributed by atoms with Crippen molar-refractivity contribution in [3.8, 4) is 0 Å². The van der Waals surface area contributed by atoms with Gasteiger partial charge in [-0.2, -0.15) is 0 Å². The molecule has 14 atom stereocenters. The minimum atomic E-state index is -1.82. The van der Waals surface area contributed by atoms with E-state index in [1.54, 1.807) is 0 Å². The van der Waals surface area contributed by atoms with Gasteiger partial charge in [0.25, 0.3) is 0 Å². The molecule has 16 heteroatoms. The molecule has 392 valence electrons. The molecular weight excluding hydrogens is 855 g/mol. The second-order valence-electron chi connectivity index (χ2n) is 19.3. The molecule has 2 rings (SSSR count). The quantitative estimate of drug-likeness (QED) is 0.0362. The minimum absolute atomic E-state index is 0.203. The van der Waals surface area contributed by atoms with Gasteiger partial charge in [-0.15, -0.1) is 0 Å². The van der Waals surface area contributed by atoms with Crippen molar-refractivity contribution in [1.29, 1.82) is 0 Å². The second kappa shape index (κ2) is 37.7. The maximum Gasteiger partial charge on any atom is 0.249 e. The molecule has 0 aromatic rings. The molecule has 1 amide bonds. The van der Waals surface area contributed by atoms with Crippen molar-refractivity contribution in [2.75, 3.05) is 19.8 Å². The lowest BCUT2D eigenvalue weighted by Crippen LogP contribution is -2.62. The fourth-order valence-corrected chi connectivity index (χ4v) is 9.07. The predicted octanol–water partition coefficient (Wildman–Crippen LogP) is 4.94. The molecule has 11 N–H and O–H groups in total. The molecule has 0 aromatic heterocycles. The minimum Gasteiger partial charge on any atom is -0.394 e. The highest BCUT2D eigenvalue weighted by atomic mass is 16.7. The standard InChI is InChI=1S/C50H97NO15/c1-3-5-7-9-11-13-15-17-18-19-20-22-24-26-28-30-32-38(55)48(62)51-36(41(57)37(54)31-29-27-25-23-21-16-14-12-10-8-6-4-2)35-63-49-45(61)47(42(58)40(34-53)64-49)66-50-44(60)43(59)46(65-50)39(56)33-52/h36-47,49-50,52-61H,3-35H2,1-2H3,(H,51,62). The van der Waals surface area contributed by atoms with Crippen LogP contribution in [0.1, 0.15) is 206 Å². The van der Waals surface area contributed by atoms with E-state index in [1.807, 2.05) is 0 Å². The highest BCUT2D eigenvalue weighted by Crippen LogP contribution is 2.31. The van der Waals surface area contributed by atoms with E-state index in [2.05, 4.69) is 19.2 Å². The molecule has 2 fully saturated rings. The average molecular weight is 952 g/mol. The van der Waals surface area contributed by atoms with E-state index < -0.39 is 111 Å². The molecule has 2 aliphatic heterocycles. The van der Waals surface area contributed by atoms with Crippen molar-refractivity contribution in [2.45, 2.75) is 292 Å². The van der Waals surface area contributed by atoms with Crippen LogP contribution < -0.4 is 5.32 Å². The van der Waals surface area contributed by atoms with Crippen molar-refractivity contribution in [1.82, 2.24) is 5.32 Å². The largest absolute Gasteiger partial charge is 0.394 e. The van der Waals surface area contributed by atoms with Crippen molar-refractivity contribution >= 4 is 5.91 Å². The van der Waals surface area contributed by atoms with Crippen LogP contribution in [0.3, 0.4) is 0 Å². The molecule has 2 aliphatic rings. The van der Waals surface area contributed by atoms with Gasteiger partial charge >= 0.3 is 0 Å². The summed E-state index contributed by atoms with van der Waals surface area (Å²) < 4.78 is 22.5. The lowest BCUT2D eigenvalue weighted by molar-refractivity contribution is -0.332. The van der Waals surface area contributed by atoms with E-state index in [-0.39, 0.29) is 12.8 Å². The molecule has 14 unspecified atom stereocenters. The molecule has 0 aliphatic carbocycles. The highest BCUT2D eigenvalue weighted by molar-refractivity contribution is 5.80. The van der Waals surface area contributed by atoms with Gasteiger partial charge < -0.3 is 75.3 Å². The summed E-state index contributed by atoms with van der Waals surface area (Å²) in [5, 5.41) is 108. The van der Waals surface area contributed by atoms with Gasteiger partial charge in [0.2, 0.25) is 5.91 Å². The van der Waals surface area contributed by atoms with Gasteiger partial charge in [0.15, 0.2) is 12.6 Å². The maximum absolute atomic E-state index is 13.3. The third-order valence-corrected chi connectivity index (χ3v) is 13.5. The zero-order valence-corrected chi connectivity index (χ0v) is 40.9. The van der Waals surface area contributed by atoms with Crippen LogP contribution in [0.15, 0.2) is 0 Å². The van der Waals surface area contributed by atoms with Crippen LogP contribution in [0.2, 0.25) is 0 Å². The number of rotatable bonds is 42. The number of carbonyl (C=O) groups is 1. The number of nitrogens with one attached hydrogen (secondary N) is 1. The van der Waals surface area contributed by atoms with E-state index in [0.29, 0.717) is 12.8 Å². The third kappa shape index (κ3) is 24.2. The van der Waals surface area contributed by atoms with Crippen LogP contribution in [0.4, 0.5) is 0 Å². The topological polar surface area (TPSA) is 268 Å². The lowest BCUT2D eigenvalue weighted by atomic mass is 9.98. The summed E-state index contributed by atoms with van der Waals surface area (Å²) in [6.45, 7) is 2.37. The van der Waals surface area contributed by atoms with E-state index in [0.717, 1.165) is 44.9 Å². The smallest absolute Gasteiger partial charge is 0.249 e. The molecule has 0 bridgehead atoms. The van der Waals surface area contributed by atoms with E-state index in [4.69, 9.17) is 18.9 Å². The van der Waals surface area contributed by atoms with E-state index >= 15 is 0 Å². The molecule has 16 nitrogen and oxygen atoms in total. The summed E-state index contributed by atoms with van der Waals surface area (Å²) in [5.74, 6) is -0.762. The van der Waals surface area contributed by atoms with Crippen LogP contribution in [0, 0.1) is 0 Å². The summed E-state index contributed by atoms with van der Waals surface area (Å²) in [6.07, 6.45) is 12.7. The van der Waals surface area contributed by atoms with Crippen molar-refractivity contribution in [3.63, 3.8) is 0 Å². The Kier molecular flexibility index (Phi) is 34.9. The SMILES string of the molecule is CCCCCCCCCCCCCCCCCCC(O)C(=O)NC(COC1OC(CO)C(O)C(OC2OC(C(O)CO)C(O)C2O)C1O)C(O)C(O)CCCCCCCCCCCCCC. The first kappa shape index (κ1) is 61.0. The summed E-state index contributed by atoms with van der Waals surface area (Å²) in [4.78, 5) is 13.3. The molecule has 2 heterocycles. The fraction of sp³-hybridized carbons (Fsp3) is 0.980. The van der Waals surface area contributed by atoms with Gasteiger partial charge in [0.05, 0.1) is 32.0 Å². The Hall–Kier alpha value is -1.09. The molecule has 66 heavy (non-hydrogen) atoms. The van der Waals surface area contributed by atoms with Gasteiger partial charge in [-0.05, 0) is 12.8 Å². The van der Waals surface area contributed by atoms with Crippen LogP contribution in [0.5, 0.6) is 0 Å². The second-order valence-corrected chi connectivity index (χ2v) is 19.3. The lowest BCUT2D eigenvalue weighted by Gasteiger charge is -2.43. The Morgan fingerprint density at radius 3 is 1.42 bits per heavy atom. The Morgan fingerprint density at radius 1 is 0.545 bits per heavy atom. The van der Waals surface area contributed by atoms with Gasteiger partial charge in [-0.3, -0.25) is 4.79 Å². The highest BCUT2D eigenvalue weighted by Gasteiger charge is 2.52. The predicted molar refractivity (Wildman–Crippen MR) is 252 cm³/mol. The van der Waals surface area contributed by atoms with Crippen molar-refractivity contribution in [2.24, 2.45) is 0 Å². The third-order valence-electron chi connectivity index (χ3n) is 13.5. The fourth-order valence-electron chi connectivity index (χ4n) is 9.07. The molecule has 0 spiro atoms. The van der Waals surface area contributed by atoms with Gasteiger partial charge in [0, 0.05) is 0 Å². The summed E-state index contributed by atoms with van der Waals surface area (Å²) in [5.41, 5.74) is 0. The number of unbranched alkanes of at least 4 members (excludes halogenated alkanes) is 26. The summed E-state index contributed by atoms with van der Waals surface area (Å²) in [6, 6.07) is -1.28. The first-order chi connectivity index (χ1) is 31.9. The van der Waals surface area contributed by atoms with Crippen molar-refractivity contribution < 1.29 is 74.8 Å². The molecular formula is C50H97NO15. The number of amides is 1. The van der Waals surface area contributed by atoms with Crippen molar-refractivity contribution in [3.05, 3.63) is 0 Å². The van der Waals surface area contributed by atoms with Gasteiger partial charge in [-0.1, -0.05) is 194 Å². The maximum atomic E-state index is 13.3. The molecule has 0 aromatic carbocycles. The van der Waals surface area contributed by atoms with E-state index in [9.17, 15) is 55.9 Å². The first-order valence-electron chi connectivity index (χ1n) is 26.5. The van der Waals surface area contributed by atoms with Gasteiger partial charge in [0.1, 0.15) is 61.0 Å². The molecule has 0 saturated carbocycles. The number of hydrogen-bond donors (Lipinski definition) is 11. The number of ether oxygens (including phenoxy) is 4. The zero-order valence-electron chi connectivity index (χ0n) is 40.9. The average Bonchev–Trinajstić information content (AvgIpc) is 3.60. The number of carbonyl (C=O) groups excluding carboxylic acids is 1. The normalized spacial score (nSPS) is 26.9. The first-order valence-corrected chi connectivity index (χ1v) is 26.5. The van der Waals surface area contributed by atoms with Crippen LogP contribution >= 0.6 is 0 Å². The summed E-state index contributed by atoms with van der Waals surface area (Å²) >= 11 is 0. The Morgan fingerprint density at radius 2 is 0.985 bits per heavy atom. The Labute approximate surface area is 397 Å². The van der Waals surface area contributed by atoms with Crippen LogP contribution in [0.25, 0.3) is 0 Å².